The maximum absolute atomic E-state index is 13.7. The second-order valence-electron chi connectivity index (χ2n) is 10.4. The highest BCUT2D eigenvalue weighted by Crippen LogP contribution is 2.53. The predicted molar refractivity (Wildman–Crippen MR) is 144 cm³/mol. The van der Waals surface area contributed by atoms with Crippen LogP contribution in [0.4, 0.5) is 5.69 Å². The molecule has 0 unspecified atom stereocenters. The van der Waals surface area contributed by atoms with Gasteiger partial charge in [-0.15, -0.1) is 0 Å². The average molecular weight is 550 g/mol. The molecule has 11 heteroatoms. The number of Topliss-reactive ketones (excluding diaryl/α,β-unsaturated/α-hetero) is 2. The molecule has 0 aromatic heterocycles. The number of fused-ring (bicyclic) bond motifs is 3. The van der Waals surface area contributed by atoms with E-state index in [2.05, 4.69) is 10.6 Å². The summed E-state index contributed by atoms with van der Waals surface area (Å²) in [6.07, 6.45) is -0.0411. The van der Waals surface area contributed by atoms with Gasteiger partial charge in [-0.1, -0.05) is 12.1 Å². The highest BCUT2D eigenvalue weighted by atomic mass is 16.5. The van der Waals surface area contributed by atoms with Crippen LogP contribution in [0.25, 0.3) is 5.76 Å². The SMILES string of the molecule is CNc1cc(CNCc2ccc(OC)cc2)c(O)c2c1C[C@H]1C[C@H]3CC(=O)C(C(N)=O)=C(O)[C@@]3(O)C(=O)C1=C2O. The quantitative estimate of drug-likeness (QED) is 0.198. The van der Waals surface area contributed by atoms with Gasteiger partial charge < -0.3 is 41.5 Å². The zero-order valence-corrected chi connectivity index (χ0v) is 22.1. The molecule has 5 rings (SSSR count). The van der Waals surface area contributed by atoms with Gasteiger partial charge in [0.2, 0.25) is 5.78 Å². The lowest BCUT2D eigenvalue weighted by molar-refractivity contribution is -0.147. The molecule has 0 spiro atoms. The summed E-state index contributed by atoms with van der Waals surface area (Å²) < 4.78 is 5.17. The second kappa shape index (κ2) is 10.00. The monoisotopic (exact) mass is 549 g/mol. The van der Waals surface area contributed by atoms with E-state index in [1.807, 2.05) is 24.3 Å². The molecule has 2 aromatic carbocycles. The third-order valence-corrected chi connectivity index (χ3v) is 8.22. The highest BCUT2D eigenvalue weighted by molar-refractivity contribution is 6.22. The van der Waals surface area contributed by atoms with Crippen molar-refractivity contribution in [2.24, 2.45) is 17.6 Å². The third-order valence-electron chi connectivity index (χ3n) is 8.22. The number of phenols is 1. The Labute approximate surface area is 230 Å². The number of nitrogens with one attached hydrogen (secondary N) is 2. The number of carbonyl (C=O) groups excluding carboxylic acids is 3. The van der Waals surface area contributed by atoms with Crippen LogP contribution >= 0.6 is 0 Å². The summed E-state index contributed by atoms with van der Waals surface area (Å²) in [6.45, 7) is 0.726. The topological polar surface area (TPSA) is 191 Å². The van der Waals surface area contributed by atoms with E-state index in [0.717, 1.165) is 11.3 Å². The molecule has 1 amide bonds. The minimum absolute atomic E-state index is 0.0558. The number of ether oxygens (including phenoxy) is 1. The Morgan fingerprint density at radius 3 is 2.45 bits per heavy atom. The summed E-state index contributed by atoms with van der Waals surface area (Å²) >= 11 is 0. The Morgan fingerprint density at radius 2 is 1.82 bits per heavy atom. The number of benzene rings is 2. The number of aliphatic hydroxyl groups is 3. The van der Waals surface area contributed by atoms with Crippen LogP contribution in [0, 0.1) is 11.8 Å². The zero-order chi connectivity index (χ0) is 28.9. The lowest BCUT2D eigenvalue weighted by atomic mass is 9.59. The maximum Gasteiger partial charge on any atom is 0.255 e. The van der Waals surface area contributed by atoms with Gasteiger partial charge >= 0.3 is 0 Å². The fourth-order valence-electron chi connectivity index (χ4n) is 6.19. The van der Waals surface area contributed by atoms with Crippen LogP contribution in [0.3, 0.4) is 0 Å². The van der Waals surface area contributed by atoms with Crippen LogP contribution < -0.4 is 21.1 Å². The number of carbonyl (C=O) groups is 3. The number of primary amides is 1. The van der Waals surface area contributed by atoms with Crippen molar-refractivity contribution in [2.45, 2.75) is 38.0 Å². The largest absolute Gasteiger partial charge is 0.508 e. The van der Waals surface area contributed by atoms with Crippen molar-refractivity contribution in [1.82, 2.24) is 5.32 Å². The van der Waals surface area contributed by atoms with E-state index in [0.29, 0.717) is 23.4 Å². The number of anilines is 1. The molecule has 3 atom stereocenters. The van der Waals surface area contributed by atoms with Crippen molar-refractivity contribution in [3.63, 3.8) is 0 Å². The van der Waals surface area contributed by atoms with Crippen LogP contribution in [0.1, 0.15) is 35.1 Å². The van der Waals surface area contributed by atoms with E-state index >= 15 is 0 Å². The standard InChI is InChI=1S/C29H31N3O8/c1-31-19-9-15(12-32-11-13-3-5-17(40-2)6-4-13)24(34)22-18(19)8-14-7-16-10-20(33)23(28(30)38)27(37)29(16,39)26(36)21(14)25(22)35/h3-6,9,14,16,31-32,34-35,37,39H,7-8,10-12H2,1-2H3,(H2,30,38)/t14-,16+,29+/m1/s1. The minimum Gasteiger partial charge on any atom is -0.508 e. The summed E-state index contributed by atoms with van der Waals surface area (Å²) in [4.78, 5) is 38.0. The second-order valence-corrected chi connectivity index (χ2v) is 10.4. The summed E-state index contributed by atoms with van der Waals surface area (Å²) in [5, 5.41) is 51.1. The number of methoxy groups -OCH3 is 1. The predicted octanol–water partition coefficient (Wildman–Crippen LogP) is 1.76. The van der Waals surface area contributed by atoms with E-state index < -0.39 is 52.0 Å². The third kappa shape index (κ3) is 4.09. The molecular formula is C29H31N3O8. The molecule has 1 saturated carbocycles. The van der Waals surface area contributed by atoms with Crippen LogP contribution in [0.15, 0.2) is 47.2 Å². The number of aliphatic hydroxyl groups excluding tert-OH is 2. The normalized spacial score (nSPS) is 23.9. The first-order valence-corrected chi connectivity index (χ1v) is 12.9. The smallest absolute Gasteiger partial charge is 0.255 e. The molecule has 0 heterocycles. The Balaban J connectivity index is 1.52. The van der Waals surface area contributed by atoms with E-state index in [4.69, 9.17) is 10.5 Å². The van der Waals surface area contributed by atoms with Gasteiger partial charge in [-0.05, 0) is 48.1 Å². The molecular weight excluding hydrogens is 518 g/mol. The molecule has 0 aliphatic heterocycles. The lowest BCUT2D eigenvalue weighted by Gasteiger charge is -2.46. The van der Waals surface area contributed by atoms with Crippen LogP contribution in [0.2, 0.25) is 0 Å². The van der Waals surface area contributed by atoms with Crippen molar-refractivity contribution < 1.29 is 39.5 Å². The first kappa shape index (κ1) is 27.2. The number of rotatable bonds is 7. The first-order chi connectivity index (χ1) is 19.0. The number of nitrogens with two attached hydrogens (primary N) is 1. The molecule has 11 nitrogen and oxygen atoms in total. The number of hydrogen-bond acceptors (Lipinski definition) is 10. The average Bonchev–Trinajstić information content (AvgIpc) is 2.92. The molecule has 1 fully saturated rings. The Kier molecular flexibility index (Phi) is 6.80. The van der Waals surface area contributed by atoms with Crippen molar-refractivity contribution in [2.75, 3.05) is 19.5 Å². The first-order valence-electron chi connectivity index (χ1n) is 12.9. The van der Waals surface area contributed by atoms with Crippen molar-refractivity contribution >= 4 is 28.9 Å². The fraction of sp³-hybridized carbons (Fsp3) is 0.345. The number of aromatic hydroxyl groups is 1. The summed E-state index contributed by atoms with van der Waals surface area (Å²) in [7, 11) is 3.29. The molecule has 3 aliphatic rings. The van der Waals surface area contributed by atoms with Gasteiger partial charge in [0.15, 0.2) is 11.4 Å². The van der Waals surface area contributed by atoms with E-state index in [9.17, 15) is 34.8 Å². The van der Waals surface area contributed by atoms with Gasteiger partial charge in [-0.25, -0.2) is 0 Å². The molecule has 0 saturated heterocycles. The Morgan fingerprint density at radius 1 is 1.12 bits per heavy atom. The molecule has 0 bridgehead atoms. The van der Waals surface area contributed by atoms with E-state index in [-0.39, 0.29) is 42.7 Å². The van der Waals surface area contributed by atoms with Gasteiger partial charge in [-0.3, -0.25) is 14.4 Å². The molecule has 2 aromatic rings. The van der Waals surface area contributed by atoms with Gasteiger partial charge in [0.25, 0.3) is 5.91 Å². The molecule has 0 radical (unpaired) electrons. The van der Waals surface area contributed by atoms with Crippen molar-refractivity contribution in [3.05, 3.63) is 69.5 Å². The molecule has 3 aliphatic carbocycles. The van der Waals surface area contributed by atoms with Gasteiger partial charge in [0.05, 0.1) is 12.7 Å². The van der Waals surface area contributed by atoms with Gasteiger partial charge in [0.1, 0.15) is 28.6 Å². The van der Waals surface area contributed by atoms with Crippen LogP contribution in [-0.2, 0) is 33.9 Å². The van der Waals surface area contributed by atoms with Crippen molar-refractivity contribution in [1.29, 1.82) is 0 Å². The van der Waals surface area contributed by atoms with E-state index in [1.165, 1.54) is 0 Å². The van der Waals surface area contributed by atoms with Gasteiger partial charge in [-0.2, -0.15) is 0 Å². The van der Waals surface area contributed by atoms with Crippen LogP contribution in [0.5, 0.6) is 11.5 Å². The number of phenolic OH excluding ortho intramolecular Hbond substituents is 1. The molecule has 210 valence electrons. The molecule has 8 N–H and O–H groups in total. The summed E-state index contributed by atoms with van der Waals surface area (Å²) in [5.41, 5.74) is 4.41. The zero-order valence-electron chi connectivity index (χ0n) is 22.1. The summed E-state index contributed by atoms with van der Waals surface area (Å²) in [5.74, 6) is -5.71. The number of amides is 1. The van der Waals surface area contributed by atoms with Gasteiger partial charge in [0, 0.05) is 49.3 Å². The van der Waals surface area contributed by atoms with Crippen molar-refractivity contribution in [3.8, 4) is 11.5 Å². The van der Waals surface area contributed by atoms with E-state index in [1.54, 1.807) is 20.2 Å². The maximum atomic E-state index is 13.7. The van der Waals surface area contributed by atoms with Crippen LogP contribution in [-0.4, -0.2) is 57.7 Å². The lowest BCUT2D eigenvalue weighted by Crippen LogP contribution is -2.58. The highest BCUT2D eigenvalue weighted by Gasteiger charge is 2.60. The summed E-state index contributed by atoms with van der Waals surface area (Å²) in [6, 6.07) is 9.27. The Hall–Kier alpha value is -4.35. The Bertz CT molecular complexity index is 1490. The number of ketones is 2. The number of hydrogen-bond donors (Lipinski definition) is 7. The molecule has 40 heavy (non-hydrogen) atoms. The fourth-order valence-corrected chi connectivity index (χ4v) is 6.19. The minimum atomic E-state index is -2.59.